The van der Waals surface area contributed by atoms with Gasteiger partial charge in [-0.05, 0) is 36.8 Å². The lowest BCUT2D eigenvalue weighted by Gasteiger charge is -2.14. The second-order valence-corrected chi connectivity index (χ2v) is 5.15. The zero-order valence-corrected chi connectivity index (χ0v) is 14.0. The molecule has 25 heavy (non-hydrogen) atoms. The summed E-state index contributed by atoms with van der Waals surface area (Å²) in [5.41, 5.74) is -0.680. The quantitative estimate of drug-likeness (QED) is 0.614. The first-order valence-corrected chi connectivity index (χ1v) is 7.72. The van der Waals surface area contributed by atoms with Crippen molar-refractivity contribution in [3.05, 3.63) is 53.5 Å². The highest BCUT2D eigenvalue weighted by Crippen LogP contribution is 2.34. The van der Waals surface area contributed by atoms with E-state index in [1.807, 2.05) is 6.92 Å². The summed E-state index contributed by atoms with van der Waals surface area (Å²) < 4.78 is 49.8. The topological polar surface area (TPSA) is 58.8 Å². The third kappa shape index (κ3) is 5.44. The van der Waals surface area contributed by atoms with Gasteiger partial charge < -0.3 is 19.8 Å². The molecule has 8 heteroatoms. The van der Waals surface area contributed by atoms with Crippen LogP contribution >= 0.6 is 0 Å². The van der Waals surface area contributed by atoms with E-state index >= 15 is 0 Å². The van der Waals surface area contributed by atoms with Crippen molar-refractivity contribution in [2.45, 2.75) is 26.2 Å². The average molecular weight is 355 g/mol. The van der Waals surface area contributed by atoms with Crippen molar-refractivity contribution in [3.8, 4) is 5.75 Å². The molecule has 0 aliphatic heterocycles. The lowest BCUT2D eigenvalue weighted by Crippen LogP contribution is -2.36. The van der Waals surface area contributed by atoms with Crippen LogP contribution in [0.3, 0.4) is 0 Å². The molecule has 1 aromatic carbocycles. The van der Waals surface area contributed by atoms with Gasteiger partial charge in [-0.3, -0.25) is 0 Å². The number of nitrogens with zero attached hydrogens (tertiary/aromatic N) is 1. The van der Waals surface area contributed by atoms with E-state index in [-0.39, 0.29) is 17.9 Å². The second-order valence-electron chi connectivity index (χ2n) is 5.15. The largest absolute Gasteiger partial charge is 0.497 e. The Morgan fingerprint density at radius 1 is 1.24 bits per heavy atom. The molecule has 2 N–H and O–H groups in total. The van der Waals surface area contributed by atoms with Crippen LogP contribution in [0.15, 0.2) is 46.0 Å². The molecule has 0 saturated heterocycles. The number of hydrogen-bond donors (Lipinski definition) is 2. The molecule has 0 aliphatic rings. The molecule has 5 nitrogen and oxygen atoms in total. The van der Waals surface area contributed by atoms with E-state index < -0.39 is 11.7 Å². The first-order valence-electron chi connectivity index (χ1n) is 7.72. The maximum atomic E-state index is 13.2. The number of aliphatic imine (C=N–C) groups is 1. The molecular formula is C17H20F3N3O2. The highest BCUT2D eigenvalue weighted by atomic mass is 19.4. The monoisotopic (exact) mass is 355 g/mol. The Morgan fingerprint density at radius 2 is 2.04 bits per heavy atom. The summed E-state index contributed by atoms with van der Waals surface area (Å²) in [5.74, 6) is 1.26. The predicted molar refractivity (Wildman–Crippen MR) is 88.4 cm³/mol. The van der Waals surface area contributed by atoms with Crippen molar-refractivity contribution in [1.82, 2.24) is 10.6 Å². The summed E-state index contributed by atoms with van der Waals surface area (Å²) in [4.78, 5) is 4.22. The molecule has 1 aromatic heterocycles. The maximum Gasteiger partial charge on any atom is 0.416 e. The lowest BCUT2D eigenvalue weighted by molar-refractivity contribution is -0.138. The number of hydrogen-bond acceptors (Lipinski definition) is 3. The summed E-state index contributed by atoms with van der Waals surface area (Å²) in [7, 11) is 1.33. The van der Waals surface area contributed by atoms with E-state index in [1.54, 1.807) is 18.4 Å². The van der Waals surface area contributed by atoms with Crippen molar-refractivity contribution < 1.29 is 22.3 Å². The van der Waals surface area contributed by atoms with Crippen LogP contribution in [0.25, 0.3) is 0 Å². The molecule has 0 atom stereocenters. The second kappa shape index (κ2) is 8.46. The fourth-order valence-electron chi connectivity index (χ4n) is 2.17. The van der Waals surface area contributed by atoms with Crippen LogP contribution in [0.4, 0.5) is 13.2 Å². The number of guanidine groups is 1. The summed E-state index contributed by atoms with van der Waals surface area (Å²) in [6.45, 7) is 2.72. The molecule has 0 aliphatic carbocycles. The number of furan rings is 1. The number of nitrogens with one attached hydrogen (secondary N) is 2. The highest BCUT2D eigenvalue weighted by Gasteiger charge is 2.33. The van der Waals surface area contributed by atoms with Gasteiger partial charge in [-0.15, -0.1) is 0 Å². The standard InChI is InChI=1S/C17H20F3N3O2/c1-3-21-16(23-11-14-5-4-8-25-14)22-10-12-6-7-13(24-2)9-15(12)17(18,19)20/h4-9H,3,10-11H2,1-2H3,(H2,21,22,23). The molecule has 1 heterocycles. The van der Waals surface area contributed by atoms with Crippen molar-refractivity contribution in [2.24, 2.45) is 4.99 Å². The lowest BCUT2D eigenvalue weighted by atomic mass is 10.1. The van der Waals surface area contributed by atoms with Crippen LogP contribution in [0.2, 0.25) is 0 Å². The molecule has 0 bridgehead atoms. The molecule has 0 fully saturated rings. The van der Waals surface area contributed by atoms with E-state index in [1.165, 1.54) is 19.2 Å². The SMILES string of the molecule is CCNC(=NCc1ccc(OC)cc1C(F)(F)F)NCc1ccco1. The van der Waals surface area contributed by atoms with E-state index in [9.17, 15) is 13.2 Å². The molecule has 0 radical (unpaired) electrons. The zero-order chi connectivity index (χ0) is 18.3. The van der Waals surface area contributed by atoms with Crippen LogP contribution in [-0.2, 0) is 19.3 Å². The summed E-state index contributed by atoms with van der Waals surface area (Å²) >= 11 is 0. The van der Waals surface area contributed by atoms with Crippen molar-refractivity contribution in [3.63, 3.8) is 0 Å². The van der Waals surface area contributed by atoms with E-state index in [0.717, 1.165) is 6.07 Å². The Morgan fingerprint density at radius 3 is 2.64 bits per heavy atom. The molecule has 2 aromatic rings. The normalized spacial score (nSPS) is 12.1. The van der Waals surface area contributed by atoms with Gasteiger partial charge in [0.2, 0.25) is 0 Å². The maximum absolute atomic E-state index is 13.2. The summed E-state index contributed by atoms with van der Waals surface area (Å²) in [6.07, 6.45) is -2.92. The first-order chi connectivity index (χ1) is 11.9. The zero-order valence-electron chi connectivity index (χ0n) is 14.0. The molecule has 0 saturated carbocycles. The van der Waals surface area contributed by atoms with Crippen LogP contribution in [0, 0.1) is 0 Å². The Kier molecular flexibility index (Phi) is 6.32. The third-order valence-corrected chi connectivity index (χ3v) is 3.38. The Bertz CT molecular complexity index is 698. The van der Waals surface area contributed by atoms with Gasteiger partial charge in [0.1, 0.15) is 11.5 Å². The van der Waals surface area contributed by atoms with Gasteiger partial charge in [-0.1, -0.05) is 6.07 Å². The number of halogens is 3. The van der Waals surface area contributed by atoms with Gasteiger partial charge >= 0.3 is 6.18 Å². The Hall–Kier alpha value is -2.64. The number of ether oxygens (including phenoxy) is 1. The number of methoxy groups -OCH3 is 1. The molecule has 0 spiro atoms. The minimum Gasteiger partial charge on any atom is -0.497 e. The number of benzene rings is 1. The van der Waals surface area contributed by atoms with E-state index in [0.29, 0.717) is 24.8 Å². The molecule has 2 rings (SSSR count). The van der Waals surface area contributed by atoms with Crippen LogP contribution < -0.4 is 15.4 Å². The van der Waals surface area contributed by atoms with Gasteiger partial charge in [0, 0.05) is 6.54 Å². The minimum atomic E-state index is -4.47. The molecule has 0 unspecified atom stereocenters. The Labute approximate surface area is 143 Å². The van der Waals surface area contributed by atoms with Gasteiger partial charge in [0.25, 0.3) is 0 Å². The van der Waals surface area contributed by atoms with Gasteiger partial charge in [0.15, 0.2) is 5.96 Å². The van der Waals surface area contributed by atoms with Gasteiger partial charge in [-0.25, -0.2) is 4.99 Å². The molecule has 0 amide bonds. The highest BCUT2D eigenvalue weighted by molar-refractivity contribution is 5.79. The van der Waals surface area contributed by atoms with Gasteiger partial charge in [0.05, 0.1) is 32.0 Å². The Balaban J connectivity index is 2.15. The van der Waals surface area contributed by atoms with Gasteiger partial charge in [-0.2, -0.15) is 13.2 Å². The fraction of sp³-hybridized carbons (Fsp3) is 0.353. The average Bonchev–Trinajstić information content (AvgIpc) is 3.10. The van der Waals surface area contributed by atoms with Crippen LogP contribution in [-0.4, -0.2) is 19.6 Å². The number of rotatable bonds is 6. The first kappa shape index (κ1) is 18.7. The van der Waals surface area contributed by atoms with Crippen LogP contribution in [0.1, 0.15) is 23.8 Å². The van der Waals surface area contributed by atoms with Crippen LogP contribution in [0.5, 0.6) is 5.75 Å². The summed E-state index contributed by atoms with van der Waals surface area (Å²) in [5, 5.41) is 6.00. The van der Waals surface area contributed by atoms with E-state index in [2.05, 4.69) is 15.6 Å². The third-order valence-electron chi connectivity index (χ3n) is 3.38. The smallest absolute Gasteiger partial charge is 0.416 e. The fourth-order valence-corrected chi connectivity index (χ4v) is 2.17. The number of alkyl halides is 3. The predicted octanol–water partition coefficient (Wildman–Crippen LogP) is 3.56. The minimum absolute atomic E-state index is 0.0727. The summed E-state index contributed by atoms with van der Waals surface area (Å²) in [6, 6.07) is 7.40. The van der Waals surface area contributed by atoms with E-state index in [4.69, 9.17) is 9.15 Å². The molecular weight excluding hydrogens is 335 g/mol. The van der Waals surface area contributed by atoms with Crippen molar-refractivity contribution >= 4 is 5.96 Å². The van der Waals surface area contributed by atoms with Crippen molar-refractivity contribution in [2.75, 3.05) is 13.7 Å². The van der Waals surface area contributed by atoms with Crippen molar-refractivity contribution in [1.29, 1.82) is 0 Å². The molecule has 136 valence electrons.